The summed E-state index contributed by atoms with van der Waals surface area (Å²) < 4.78 is 42.2. The zero-order chi connectivity index (χ0) is 16.0. The third-order valence-electron chi connectivity index (χ3n) is 3.76. The molecule has 0 aromatic carbocycles. The second-order valence-corrected chi connectivity index (χ2v) is 5.76. The van der Waals surface area contributed by atoms with Crippen molar-refractivity contribution in [2.75, 3.05) is 32.8 Å². The Morgan fingerprint density at radius 1 is 1.32 bits per heavy atom. The number of hydrogen-bond donors (Lipinski definition) is 1. The normalized spacial score (nSPS) is 19.5. The molecule has 2 heterocycles. The van der Waals surface area contributed by atoms with Crippen LogP contribution in [-0.4, -0.2) is 64.9 Å². The van der Waals surface area contributed by atoms with Gasteiger partial charge < -0.3 is 14.7 Å². The van der Waals surface area contributed by atoms with E-state index < -0.39 is 18.9 Å². The van der Waals surface area contributed by atoms with E-state index in [0.29, 0.717) is 12.5 Å². The summed E-state index contributed by atoms with van der Waals surface area (Å²) in [6, 6.07) is 1.90. The largest absolute Gasteiger partial charge is 0.411 e. The molecule has 1 fully saturated rings. The smallest absolute Gasteiger partial charge is 0.389 e. The first-order valence-corrected chi connectivity index (χ1v) is 7.45. The second-order valence-electron chi connectivity index (χ2n) is 5.76. The molecule has 0 aliphatic carbocycles. The first-order valence-electron chi connectivity index (χ1n) is 7.45. The van der Waals surface area contributed by atoms with E-state index in [4.69, 9.17) is 0 Å². The van der Waals surface area contributed by atoms with Crippen LogP contribution in [0.1, 0.15) is 12.8 Å². The molecule has 0 spiro atoms. The van der Waals surface area contributed by atoms with Crippen LogP contribution < -0.4 is 0 Å². The Hall–Kier alpha value is -1.12. The van der Waals surface area contributed by atoms with Crippen LogP contribution in [0.15, 0.2) is 18.5 Å². The van der Waals surface area contributed by atoms with Crippen molar-refractivity contribution < 1.29 is 23.0 Å². The molecule has 1 aliphatic heterocycles. The van der Waals surface area contributed by atoms with Crippen molar-refractivity contribution in [3.63, 3.8) is 0 Å². The fourth-order valence-corrected chi connectivity index (χ4v) is 2.69. The Kier molecular flexibility index (Phi) is 6.22. The lowest BCUT2D eigenvalue weighted by Gasteiger charge is -2.33. The molecule has 1 N–H and O–H groups in total. The van der Waals surface area contributed by atoms with Gasteiger partial charge >= 0.3 is 6.18 Å². The van der Waals surface area contributed by atoms with Crippen LogP contribution in [0.25, 0.3) is 0 Å². The minimum absolute atomic E-state index is 0.285. The third kappa shape index (κ3) is 6.33. The topological polar surface area (TPSA) is 50.5 Å². The van der Waals surface area contributed by atoms with Gasteiger partial charge in [-0.25, -0.2) is 0 Å². The number of β-amino-alcohol motifs (C(OH)–C–C–N with tert-alkyl or cyclic N) is 1. The summed E-state index contributed by atoms with van der Waals surface area (Å²) in [6.45, 7) is 1.32. The van der Waals surface area contributed by atoms with Gasteiger partial charge in [0.15, 0.2) is 0 Å². The van der Waals surface area contributed by atoms with Gasteiger partial charge in [0.2, 0.25) is 0 Å². The lowest BCUT2D eigenvalue weighted by atomic mass is 9.96. The maximum atomic E-state index is 11.9. The highest BCUT2D eigenvalue weighted by atomic mass is 19.4. The number of likely N-dealkylation sites (tertiary alicyclic amines) is 1. The molecule has 2 rings (SSSR count). The number of rotatable bonds is 7. The molecule has 1 aromatic rings. The number of hydrogen-bond acceptors (Lipinski definition) is 4. The number of aliphatic hydroxyl groups is 1. The van der Waals surface area contributed by atoms with Gasteiger partial charge in [-0.2, -0.15) is 18.3 Å². The van der Waals surface area contributed by atoms with E-state index in [9.17, 15) is 18.3 Å². The summed E-state index contributed by atoms with van der Waals surface area (Å²) in [5, 5.41) is 13.9. The van der Waals surface area contributed by atoms with Crippen molar-refractivity contribution in [1.82, 2.24) is 14.7 Å². The molecule has 1 unspecified atom stereocenters. The van der Waals surface area contributed by atoms with Gasteiger partial charge in [-0.1, -0.05) is 0 Å². The van der Waals surface area contributed by atoms with Gasteiger partial charge in [0.05, 0.1) is 12.7 Å². The van der Waals surface area contributed by atoms with Crippen LogP contribution in [0, 0.1) is 5.92 Å². The fourth-order valence-electron chi connectivity index (χ4n) is 2.69. The molecule has 1 aliphatic rings. The molecule has 1 atom stereocenters. The minimum Gasteiger partial charge on any atom is -0.389 e. The standard InChI is InChI=1S/C14H22F3N3O2/c15-14(16,17)11-22-10-13(21)9-19-6-2-12(3-7-19)8-20-5-1-4-18-20/h1,4-5,12-13,21H,2-3,6-11H2. The van der Waals surface area contributed by atoms with E-state index in [-0.39, 0.29) is 6.61 Å². The third-order valence-corrected chi connectivity index (χ3v) is 3.76. The number of ether oxygens (including phenoxy) is 1. The molecule has 1 saturated heterocycles. The van der Waals surface area contributed by atoms with E-state index in [0.717, 1.165) is 32.5 Å². The number of halogens is 3. The van der Waals surface area contributed by atoms with Gasteiger partial charge in [-0.3, -0.25) is 4.68 Å². The van der Waals surface area contributed by atoms with Crippen molar-refractivity contribution in [3.05, 3.63) is 18.5 Å². The Labute approximate surface area is 127 Å². The Morgan fingerprint density at radius 3 is 2.64 bits per heavy atom. The van der Waals surface area contributed by atoms with Crippen molar-refractivity contribution in [2.45, 2.75) is 31.7 Å². The van der Waals surface area contributed by atoms with Crippen LogP contribution in [0.3, 0.4) is 0 Å². The van der Waals surface area contributed by atoms with E-state index in [1.165, 1.54) is 0 Å². The average molecular weight is 321 g/mol. The second kappa shape index (κ2) is 7.94. The van der Waals surface area contributed by atoms with Gasteiger partial charge in [-0.15, -0.1) is 0 Å². The quantitative estimate of drug-likeness (QED) is 0.828. The SMILES string of the molecule is OC(COCC(F)(F)F)CN1CCC(Cn2cccn2)CC1. The number of piperidine rings is 1. The van der Waals surface area contributed by atoms with Crippen molar-refractivity contribution >= 4 is 0 Å². The van der Waals surface area contributed by atoms with Gasteiger partial charge in [-0.05, 0) is 37.9 Å². The van der Waals surface area contributed by atoms with E-state index in [1.54, 1.807) is 6.20 Å². The summed E-state index contributed by atoms with van der Waals surface area (Å²) in [4.78, 5) is 2.07. The number of nitrogens with zero attached hydrogens (tertiary/aromatic N) is 3. The molecule has 5 nitrogen and oxygen atoms in total. The summed E-state index contributed by atoms with van der Waals surface area (Å²) in [5.41, 5.74) is 0. The highest BCUT2D eigenvalue weighted by Gasteiger charge is 2.28. The Bertz CT molecular complexity index is 417. The minimum atomic E-state index is -4.34. The monoisotopic (exact) mass is 321 g/mol. The van der Waals surface area contributed by atoms with Crippen molar-refractivity contribution in [1.29, 1.82) is 0 Å². The molecular formula is C14H22F3N3O2. The molecular weight excluding hydrogens is 299 g/mol. The molecule has 0 radical (unpaired) electrons. The summed E-state index contributed by atoms with van der Waals surface area (Å²) >= 11 is 0. The van der Waals surface area contributed by atoms with Crippen LogP contribution in [-0.2, 0) is 11.3 Å². The lowest BCUT2D eigenvalue weighted by molar-refractivity contribution is -0.179. The van der Waals surface area contributed by atoms with Crippen molar-refractivity contribution in [2.24, 2.45) is 5.92 Å². The van der Waals surface area contributed by atoms with E-state index in [1.807, 2.05) is 16.9 Å². The van der Waals surface area contributed by atoms with Gasteiger partial charge in [0.1, 0.15) is 6.61 Å². The Balaban J connectivity index is 1.60. The van der Waals surface area contributed by atoms with E-state index >= 15 is 0 Å². The maximum Gasteiger partial charge on any atom is 0.411 e. The number of aliphatic hydroxyl groups excluding tert-OH is 1. The molecule has 22 heavy (non-hydrogen) atoms. The zero-order valence-corrected chi connectivity index (χ0v) is 12.4. The first kappa shape index (κ1) is 17.2. The molecule has 1 aromatic heterocycles. The van der Waals surface area contributed by atoms with Gasteiger partial charge in [0.25, 0.3) is 0 Å². The Morgan fingerprint density at radius 2 is 2.05 bits per heavy atom. The molecule has 0 saturated carbocycles. The molecule has 0 bridgehead atoms. The van der Waals surface area contributed by atoms with Crippen LogP contribution >= 0.6 is 0 Å². The summed E-state index contributed by atoms with van der Waals surface area (Å²) in [7, 11) is 0. The number of aromatic nitrogens is 2. The van der Waals surface area contributed by atoms with Crippen molar-refractivity contribution in [3.8, 4) is 0 Å². The molecule has 8 heteroatoms. The molecule has 0 amide bonds. The van der Waals surface area contributed by atoms with Crippen LogP contribution in [0.2, 0.25) is 0 Å². The maximum absolute atomic E-state index is 11.9. The fraction of sp³-hybridized carbons (Fsp3) is 0.786. The first-order chi connectivity index (χ1) is 10.4. The van der Waals surface area contributed by atoms with Gasteiger partial charge in [0, 0.05) is 25.5 Å². The van der Waals surface area contributed by atoms with E-state index in [2.05, 4.69) is 14.7 Å². The summed E-state index contributed by atoms with van der Waals surface area (Å²) in [5.74, 6) is 0.551. The highest BCUT2D eigenvalue weighted by Crippen LogP contribution is 2.19. The van der Waals surface area contributed by atoms with Crippen LogP contribution in [0.4, 0.5) is 13.2 Å². The molecule has 126 valence electrons. The average Bonchev–Trinajstić information content (AvgIpc) is 2.92. The summed E-state index contributed by atoms with van der Waals surface area (Å²) in [6.07, 6.45) is 0.460. The predicted octanol–water partition coefficient (Wildman–Crippen LogP) is 1.53. The predicted molar refractivity (Wildman–Crippen MR) is 74.3 cm³/mol. The highest BCUT2D eigenvalue weighted by molar-refractivity contribution is 4.80. The lowest BCUT2D eigenvalue weighted by Crippen LogP contribution is -2.41. The zero-order valence-electron chi connectivity index (χ0n) is 12.4. The number of alkyl halides is 3. The van der Waals surface area contributed by atoms with Crippen LogP contribution in [0.5, 0.6) is 0 Å².